The Morgan fingerprint density at radius 1 is 1.65 bits per heavy atom. The van der Waals surface area contributed by atoms with E-state index in [1.807, 2.05) is 0 Å². The Morgan fingerprint density at radius 3 is 3.00 bits per heavy atom. The van der Waals surface area contributed by atoms with Crippen molar-refractivity contribution in [3.8, 4) is 0 Å². The molecule has 1 heterocycles. The fourth-order valence-corrected chi connectivity index (χ4v) is 1.77. The molecular weight excluding hydrogens is 250 g/mol. The predicted molar refractivity (Wildman–Crippen MR) is 58.9 cm³/mol. The monoisotopic (exact) mass is 261 g/mol. The van der Waals surface area contributed by atoms with E-state index in [4.69, 9.17) is 5.84 Å². The van der Waals surface area contributed by atoms with Crippen LogP contribution >= 0.6 is 11.8 Å². The molecule has 10 heteroatoms. The van der Waals surface area contributed by atoms with Crippen molar-refractivity contribution in [3.63, 3.8) is 0 Å². The summed E-state index contributed by atoms with van der Waals surface area (Å²) in [6, 6.07) is 0. The Balaban J connectivity index is 2.58. The molecule has 0 aromatic carbocycles. The molecule has 4 N–H and O–H groups in total. The summed E-state index contributed by atoms with van der Waals surface area (Å²) in [5.74, 6) is 4.58. The van der Waals surface area contributed by atoms with E-state index in [-0.39, 0.29) is 6.42 Å². The summed E-state index contributed by atoms with van der Waals surface area (Å²) >= 11 is 1.14. The standard InChI is InChI=1S/C7H11N5O4S/c1-12-7(9-5(14)6(15)10-12)17-3-2-4(13)16-11-8/h11H,2-3,8H2,1H3,(H,10,15). The van der Waals surface area contributed by atoms with Crippen LogP contribution < -0.4 is 22.6 Å². The number of aromatic amines is 1. The Kier molecular flexibility index (Phi) is 4.87. The number of carbonyl (C=O) groups excluding carboxylic acids is 1. The Labute approximate surface area is 99.3 Å². The van der Waals surface area contributed by atoms with E-state index in [0.29, 0.717) is 10.9 Å². The summed E-state index contributed by atoms with van der Waals surface area (Å²) in [4.78, 5) is 40.6. The zero-order chi connectivity index (χ0) is 12.8. The third-order valence-electron chi connectivity index (χ3n) is 1.66. The predicted octanol–water partition coefficient (Wildman–Crippen LogP) is -2.13. The van der Waals surface area contributed by atoms with Crippen LogP contribution in [0, 0.1) is 0 Å². The van der Waals surface area contributed by atoms with Gasteiger partial charge < -0.3 is 4.84 Å². The first-order valence-corrected chi connectivity index (χ1v) is 5.48. The highest BCUT2D eigenvalue weighted by Crippen LogP contribution is 2.12. The van der Waals surface area contributed by atoms with E-state index in [9.17, 15) is 14.4 Å². The Bertz CT molecular complexity index is 510. The van der Waals surface area contributed by atoms with Gasteiger partial charge in [-0.05, 0) is 0 Å². The van der Waals surface area contributed by atoms with Gasteiger partial charge in [-0.2, -0.15) is 4.98 Å². The molecule has 0 fully saturated rings. The molecule has 0 aliphatic carbocycles. The SMILES string of the molecule is Cn1[nH]c(=O)c(=O)nc1SCCC(=O)ONN. The number of nitrogens with zero attached hydrogens (tertiary/aromatic N) is 2. The normalized spacial score (nSPS) is 10.2. The van der Waals surface area contributed by atoms with Gasteiger partial charge in [-0.3, -0.25) is 24.2 Å². The number of hydrogen-bond acceptors (Lipinski definition) is 8. The third-order valence-corrected chi connectivity index (χ3v) is 2.69. The molecule has 94 valence electrons. The second-order valence-electron chi connectivity index (χ2n) is 2.89. The van der Waals surface area contributed by atoms with Gasteiger partial charge in [-0.25, -0.2) is 5.84 Å². The molecule has 0 saturated carbocycles. The highest BCUT2D eigenvalue weighted by molar-refractivity contribution is 7.99. The molecule has 0 atom stereocenters. The largest absolute Gasteiger partial charge is 0.356 e. The van der Waals surface area contributed by atoms with Gasteiger partial charge in [0.1, 0.15) is 0 Å². The Morgan fingerprint density at radius 2 is 2.35 bits per heavy atom. The third kappa shape index (κ3) is 4.01. The van der Waals surface area contributed by atoms with E-state index in [1.165, 1.54) is 11.7 Å². The fourth-order valence-electron chi connectivity index (χ4n) is 0.932. The van der Waals surface area contributed by atoms with Crippen molar-refractivity contribution in [2.24, 2.45) is 12.9 Å². The number of aryl methyl sites for hydroxylation is 1. The lowest BCUT2D eigenvalue weighted by Crippen LogP contribution is -2.33. The average molecular weight is 261 g/mol. The van der Waals surface area contributed by atoms with Crippen LogP contribution in [0.3, 0.4) is 0 Å². The highest BCUT2D eigenvalue weighted by Gasteiger charge is 2.07. The molecule has 0 amide bonds. The maximum absolute atomic E-state index is 11.0. The minimum atomic E-state index is -0.864. The molecule has 0 aliphatic heterocycles. The van der Waals surface area contributed by atoms with Gasteiger partial charge in [0.15, 0.2) is 5.16 Å². The number of thioether (sulfide) groups is 1. The van der Waals surface area contributed by atoms with Crippen LogP contribution in [-0.4, -0.2) is 26.5 Å². The van der Waals surface area contributed by atoms with Crippen molar-refractivity contribution < 1.29 is 9.63 Å². The first kappa shape index (κ1) is 13.4. The Hall–Kier alpha value is -1.65. The molecule has 1 rings (SSSR count). The number of hydrazine groups is 1. The first-order valence-electron chi connectivity index (χ1n) is 4.50. The van der Waals surface area contributed by atoms with Gasteiger partial charge in [-0.1, -0.05) is 17.4 Å². The molecule has 1 aromatic heterocycles. The van der Waals surface area contributed by atoms with Crippen molar-refractivity contribution in [2.75, 3.05) is 5.75 Å². The molecule has 1 aromatic rings. The molecular formula is C7H11N5O4S. The number of nitrogens with two attached hydrogens (primary N) is 1. The van der Waals surface area contributed by atoms with Crippen molar-refractivity contribution >= 4 is 17.7 Å². The van der Waals surface area contributed by atoms with Gasteiger partial charge in [-0.15, -0.1) is 0 Å². The van der Waals surface area contributed by atoms with Crippen molar-refractivity contribution in [2.45, 2.75) is 11.6 Å². The number of carbonyl (C=O) groups is 1. The van der Waals surface area contributed by atoms with Crippen molar-refractivity contribution in [1.29, 1.82) is 0 Å². The van der Waals surface area contributed by atoms with E-state index < -0.39 is 17.1 Å². The van der Waals surface area contributed by atoms with E-state index in [1.54, 1.807) is 5.59 Å². The number of hydrogen-bond donors (Lipinski definition) is 3. The smallest absolute Gasteiger partial charge is 0.339 e. The van der Waals surface area contributed by atoms with Crippen LogP contribution in [0.5, 0.6) is 0 Å². The number of nitrogens with one attached hydrogen (secondary N) is 2. The van der Waals surface area contributed by atoms with Gasteiger partial charge in [0.25, 0.3) is 0 Å². The molecule has 9 nitrogen and oxygen atoms in total. The van der Waals surface area contributed by atoms with Crippen LogP contribution in [0.2, 0.25) is 0 Å². The van der Waals surface area contributed by atoms with Crippen LogP contribution in [0.1, 0.15) is 6.42 Å². The highest BCUT2D eigenvalue weighted by atomic mass is 32.2. The summed E-state index contributed by atoms with van der Waals surface area (Å²) in [6.07, 6.45) is 0.0872. The number of aromatic nitrogens is 3. The zero-order valence-corrected chi connectivity index (χ0v) is 9.74. The molecule has 0 spiro atoms. The van der Waals surface area contributed by atoms with Gasteiger partial charge in [0.05, 0.1) is 6.42 Å². The van der Waals surface area contributed by atoms with Crippen molar-refractivity contribution in [3.05, 3.63) is 20.7 Å². The summed E-state index contributed by atoms with van der Waals surface area (Å²) < 4.78 is 1.31. The topological polar surface area (TPSA) is 132 Å². The molecule has 0 saturated heterocycles. The van der Waals surface area contributed by atoms with Crippen LogP contribution in [0.4, 0.5) is 0 Å². The number of rotatable bonds is 5. The van der Waals surface area contributed by atoms with Crippen LogP contribution in [0.25, 0.3) is 0 Å². The fraction of sp³-hybridized carbons (Fsp3) is 0.429. The van der Waals surface area contributed by atoms with Crippen LogP contribution in [-0.2, 0) is 16.7 Å². The molecule has 0 radical (unpaired) electrons. The lowest BCUT2D eigenvalue weighted by Gasteiger charge is -2.05. The number of H-pyrrole nitrogens is 1. The lowest BCUT2D eigenvalue weighted by molar-refractivity contribution is -0.150. The van der Waals surface area contributed by atoms with Crippen molar-refractivity contribution in [1.82, 2.24) is 20.4 Å². The van der Waals surface area contributed by atoms with Gasteiger partial charge >= 0.3 is 17.1 Å². The molecule has 0 bridgehead atoms. The zero-order valence-electron chi connectivity index (χ0n) is 8.93. The minimum absolute atomic E-state index is 0.0872. The van der Waals surface area contributed by atoms with Gasteiger partial charge in [0, 0.05) is 12.8 Å². The summed E-state index contributed by atoms with van der Waals surface area (Å²) in [7, 11) is 1.54. The second kappa shape index (κ2) is 6.18. The van der Waals surface area contributed by atoms with Crippen LogP contribution in [0.15, 0.2) is 14.7 Å². The molecule has 17 heavy (non-hydrogen) atoms. The maximum atomic E-state index is 11.0. The van der Waals surface area contributed by atoms with E-state index in [0.717, 1.165) is 11.8 Å². The average Bonchev–Trinajstić information content (AvgIpc) is 2.26. The second-order valence-corrected chi connectivity index (χ2v) is 3.95. The summed E-state index contributed by atoms with van der Waals surface area (Å²) in [6.45, 7) is 0. The van der Waals surface area contributed by atoms with E-state index in [2.05, 4.69) is 14.9 Å². The van der Waals surface area contributed by atoms with Gasteiger partial charge in [0.2, 0.25) is 0 Å². The minimum Gasteiger partial charge on any atom is -0.356 e. The molecule has 0 unspecified atom stereocenters. The first-order chi connectivity index (χ1) is 8.04. The molecule has 0 aliphatic rings. The summed E-state index contributed by atoms with van der Waals surface area (Å²) in [5.41, 5.74) is 0.115. The summed E-state index contributed by atoms with van der Waals surface area (Å²) in [5, 5.41) is 2.60. The maximum Gasteiger partial charge on any atom is 0.339 e. The lowest BCUT2D eigenvalue weighted by atomic mass is 10.5. The van der Waals surface area contributed by atoms with E-state index >= 15 is 0 Å². The quantitative estimate of drug-likeness (QED) is 0.237.